The Morgan fingerprint density at radius 1 is 1.06 bits per heavy atom. The molecule has 0 unspecified atom stereocenters. The van der Waals surface area contributed by atoms with Gasteiger partial charge in [0, 0.05) is 10.6 Å². The minimum atomic E-state index is 0.0569. The quantitative estimate of drug-likeness (QED) is 0.816. The summed E-state index contributed by atoms with van der Waals surface area (Å²) < 4.78 is 0. The third-order valence-electron chi connectivity index (χ3n) is 2.92. The Labute approximate surface area is 104 Å². The molecule has 0 saturated carbocycles. The maximum Gasteiger partial charge on any atom is 0.228 e. The molecule has 17 heavy (non-hydrogen) atoms. The van der Waals surface area contributed by atoms with Gasteiger partial charge in [-0.25, -0.2) is 0 Å². The number of hydrogen-bond donors (Lipinski definition) is 1. The van der Waals surface area contributed by atoms with Crippen LogP contribution in [0.2, 0.25) is 5.02 Å². The van der Waals surface area contributed by atoms with E-state index >= 15 is 0 Å². The van der Waals surface area contributed by atoms with E-state index < -0.39 is 0 Å². The molecule has 1 amide bonds. The zero-order valence-electron chi connectivity index (χ0n) is 9.03. The Bertz CT molecular complexity index is 590. The van der Waals surface area contributed by atoms with Crippen molar-refractivity contribution < 1.29 is 4.79 Å². The third-order valence-corrected chi connectivity index (χ3v) is 3.17. The Kier molecular flexibility index (Phi) is 2.37. The van der Waals surface area contributed by atoms with Crippen LogP contribution >= 0.6 is 11.6 Å². The summed E-state index contributed by atoms with van der Waals surface area (Å²) in [7, 11) is 0. The molecular formula is C14H10ClNO. The van der Waals surface area contributed by atoms with Gasteiger partial charge < -0.3 is 5.32 Å². The lowest BCUT2D eigenvalue weighted by atomic mass is 10.0. The molecule has 0 atom stereocenters. The first-order valence-electron chi connectivity index (χ1n) is 5.42. The second-order valence-corrected chi connectivity index (χ2v) is 4.51. The molecule has 1 heterocycles. The Morgan fingerprint density at radius 2 is 1.82 bits per heavy atom. The third kappa shape index (κ3) is 1.81. The molecule has 84 valence electrons. The van der Waals surface area contributed by atoms with Crippen molar-refractivity contribution in [2.24, 2.45) is 0 Å². The Balaban J connectivity index is 2.13. The Hall–Kier alpha value is -1.80. The van der Waals surface area contributed by atoms with E-state index in [4.69, 9.17) is 11.6 Å². The van der Waals surface area contributed by atoms with E-state index in [1.54, 1.807) is 0 Å². The highest BCUT2D eigenvalue weighted by molar-refractivity contribution is 6.30. The van der Waals surface area contributed by atoms with Gasteiger partial charge in [-0.2, -0.15) is 0 Å². The monoisotopic (exact) mass is 243 g/mol. The van der Waals surface area contributed by atoms with Gasteiger partial charge in [0.1, 0.15) is 0 Å². The van der Waals surface area contributed by atoms with Gasteiger partial charge in [0.15, 0.2) is 0 Å². The van der Waals surface area contributed by atoms with Crippen molar-refractivity contribution in [2.45, 2.75) is 6.42 Å². The molecule has 0 radical (unpaired) electrons. The summed E-state index contributed by atoms with van der Waals surface area (Å²) in [6.45, 7) is 0. The average Bonchev–Trinajstić information content (AvgIpc) is 2.70. The van der Waals surface area contributed by atoms with Gasteiger partial charge in [0.25, 0.3) is 0 Å². The summed E-state index contributed by atoms with van der Waals surface area (Å²) in [5.41, 5.74) is 4.10. The summed E-state index contributed by atoms with van der Waals surface area (Å²) >= 11 is 5.87. The molecule has 0 saturated heterocycles. The van der Waals surface area contributed by atoms with Gasteiger partial charge in [0.2, 0.25) is 5.91 Å². The number of fused-ring (bicyclic) bond motifs is 1. The molecule has 2 aromatic rings. The maximum atomic E-state index is 11.4. The van der Waals surface area contributed by atoms with E-state index in [9.17, 15) is 4.79 Å². The summed E-state index contributed by atoms with van der Waals surface area (Å²) in [5.74, 6) is 0.0569. The second-order valence-electron chi connectivity index (χ2n) is 4.07. The van der Waals surface area contributed by atoms with Crippen LogP contribution in [0.5, 0.6) is 0 Å². The number of benzene rings is 2. The van der Waals surface area contributed by atoms with Crippen LogP contribution in [0.4, 0.5) is 5.69 Å². The van der Waals surface area contributed by atoms with Crippen LogP contribution in [0.3, 0.4) is 0 Å². The minimum Gasteiger partial charge on any atom is -0.325 e. The number of amides is 1. The van der Waals surface area contributed by atoms with Gasteiger partial charge in [0.05, 0.1) is 12.1 Å². The van der Waals surface area contributed by atoms with Crippen molar-refractivity contribution >= 4 is 23.2 Å². The van der Waals surface area contributed by atoms with Gasteiger partial charge in [-0.1, -0.05) is 41.9 Å². The highest BCUT2D eigenvalue weighted by Crippen LogP contribution is 2.34. The molecule has 3 rings (SSSR count). The van der Waals surface area contributed by atoms with Gasteiger partial charge in [-0.3, -0.25) is 4.79 Å². The first-order valence-corrected chi connectivity index (χ1v) is 5.79. The first kappa shape index (κ1) is 10.4. The molecule has 0 fully saturated rings. The standard InChI is InChI=1S/C14H10ClNO/c15-11-6-4-9(5-7-11)12-3-1-2-10-8-13(17)16-14(10)12/h1-7H,8H2,(H,16,17). The summed E-state index contributed by atoms with van der Waals surface area (Å²) in [4.78, 5) is 11.4. The lowest BCUT2D eigenvalue weighted by Crippen LogP contribution is -2.04. The van der Waals surface area contributed by atoms with E-state index in [1.807, 2.05) is 42.5 Å². The van der Waals surface area contributed by atoms with E-state index in [1.165, 1.54) is 0 Å². The van der Waals surface area contributed by atoms with Crippen LogP contribution < -0.4 is 5.32 Å². The highest BCUT2D eigenvalue weighted by atomic mass is 35.5. The van der Waals surface area contributed by atoms with Crippen molar-refractivity contribution in [2.75, 3.05) is 5.32 Å². The number of hydrogen-bond acceptors (Lipinski definition) is 1. The Morgan fingerprint density at radius 3 is 2.59 bits per heavy atom. The van der Waals surface area contributed by atoms with Crippen molar-refractivity contribution in [3.05, 3.63) is 53.1 Å². The van der Waals surface area contributed by atoms with Gasteiger partial charge in [-0.15, -0.1) is 0 Å². The second kappa shape index (κ2) is 3.90. The molecule has 1 aliphatic heterocycles. The van der Waals surface area contributed by atoms with Crippen LogP contribution in [-0.2, 0) is 11.2 Å². The van der Waals surface area contributed by atoms with Gasteiger partial charge >= 0.3 is 0 Å². The smallest absolute Gasteiger partial charge is 0.228 e. The lowest BCUT2D eigenvalue weighted by molar-refractivity contribution is -0.115. The number of carbonyl (C=O) groups is 1. The summed E-state index contributed by atoms with van der Waals surface area (Å²) in [6, 6.07) is 13.6. The van der Waals surface area contributed by atoms with Crippen LogP contribution in [0.1, 0.15) is 5.56 Å². The summed E-state index contributed by atoms with van der Waals surface area (Å²) in [5, 5.41) is 3.62. The zero-order valence-corrected chi connectivity index (χ0v) is 9.79. The zero-order chi connectivity index (χ0) is 11.8. The normalized spacial score (nSPS) is 13.4. The van der Waals surface area contributed by atoms with E-state index in [-0.39, 0.29) is 5.91 Å². The van der Waals surface area contributed by atoms with Crippen molar-refractivity contribution in [1.29, 1.82) is 0 Å². The van der Waals surface area contributed by atoms with Crippen molar-refractivity contribution in [3.63, 3.8) is 0 Å². The number of halogens is 1. The predicted molar refractivity (Wildman–Crippen MR) is 69.2 cm³/mol. The topological polar surface area (TPSA) is 29.1 Å². The van der Waals surface area contributed by atoms with Crippen molar-refractivity contribution in [3.8, 4) is 11.1 Å². The predicted octanol–water partition coefficient (Wildman–Crippen LogP) is 3.50. The van der Waals surface area contributed by atoms with Crippen LogP contribution in [0.25, 0.3) is 11.1 Å². The lowest BCUT2D eigenvalue weighted by Gasteiger charge is -2.08. The SMILES string of the molecule is O=C1Cc2cccc(-c3ccc(Cl)cc3)c2N1. The van der Waals surface area contributed by atoms with Crippen LogP contribution in [0, 0.1) is 0 Å². The molecule has 2 nitrogen and oxygen atoms in total. The van der Waals surface area contributed by atoms with E-state index in [0.29, 0.717) is 11.4 Å². The molecule has 3 heteroatoms. The molecule has 0 spiro atoms. The molecule has 1 aliphatic rings. The van der Waals surface area contributed by atoms with Gasteiger partial charge in [-0.05, 0) is 23.3 Å². The number of para-hydroxylation sites is 1. The fraction of sp³-hybridized carbons (Fsp3) is 0.0714. The number of carbonyl (C=O) groups excluding carboxylic acids is 1. The molecule has 2 aromatic carbocycles. The molecule has 0 aliphatic carbocycles. The molecule has 0 bridgehead atoms. The van der Waals surface area contributed by atoms with E-state index in [2.05, 4.69) is 5.32 Å². The van der Waals surface area contributed by atoms with Crippen LogP contribution in [-0.4, -0.2) is 5.91 Å². The number of nitrogens with one attached hydrogen (secondary N) is 1. The summed E-state index contributed by atoms with van der Waals surface area (Å²) in [6.07, 6.45) is 0.469. The minimum absolute atomic E-state index is 0.0569. The number of rotatable bonds is 1. The van der Waals surface area contributed by atoms with E-state index in [0.717, 1.165) is 22.4 Å². The average molecular weight is 244 g/mol. The fourth-order valence-corrected chi connectivity index (χ4v) is 2.25. The number of anilines is 1. The molecular weight excluding hydrogens is 234 g/mol. The molecule has 1 N–H and O–H groups in total. The van der Waals surface area contributed by atoms with Crippen LogP contribution in [0.15, 0.2) is 42.5 Å². The van der Waals surface area contributed by atoms with Crippen molar-refractivity contribution in [1.82, 2.24) is 0 Å². The highest BCUT2D eigenvalue weighted by Gasteiger charge is 2.20. The first-order chi connectivity index (χ1) is 8.24. The largest absolute Gasteiger partial charge is 0.325 e. The molecule has 0 aromatic heterocycles. The fourth-order valence-electron chi connectivity index (χ4n) is 2.12. The maximum absolute atomic E-state index is 11.4.